The molecule has 1 rings (SSSR count). The average molecular weight is 274 g/mol. The van der Waals surface area contributed by atoms with E-state index in [0.29, 0.717) is 13.1 Å². The van der Waals surface area contributed by atoms with E-state index < -0.39 is 11.7 Å². The lowest BCUT2D eigenvalue weighted by molar-refractivity contribution is 0.0525. The van der Waals surface area contributed by atoms with E-state index in [4.69, 9.17) is 16.9 Å². The summed E-state index contributed by atoms with van der Waals surface area (Å²) < 4.78 is 5.19. The fourth-order valence-electron chi connectivity index (χ4n) is 1.71. The zero-order chi connectivity index (χ0) is 15.2. The molecule has 0 aromatic heterocycles. The fraction of sp³-hybridized carbons (Fsp3) is 0.438. The molecule has 0 spiro atoms. The Hall–Kier alpha value is -1.99. The van der Waals surface area contributed by atoms with Gasteiger partial charge in [-0.1, -0.05) is 18.1 Å². The molecular weight excluding hydrogens is 252 g/mol. The normalized spacial score (nSPS) is 12.3. The Balaban J connectivity index is 2.59. The van der Waals surface area contributed by atoms with Gasteiger partial charge in [0.25, 0.3) is 0 Å². The predicted molar refractivity (Wildman–Crippen MR) is 80.4 cm³/mol. The maximum atomic E-state index is 11.6. The molecule has 4 heteroatoms. The number of hydrogen-bond acceptors (Lipinski definition) is 3. The van der Waals surface area contributed by atoms with Gasteiger partial charge in [-0.3, -0.25) is 0 Å². The maximum absolute atomic E-state index is 11.6. The van der Waals surface area contributed by atoms with Crippen LogP contribution < -0.4 is 11.1 Å². The second kappa shape index (κ2) is 6.97. The molecule has 0 aliphatic heterocycles. The number of carbonyl (C=O) groups excluding carboxylic acids is 1. The Morgan fingerprint density at radius 1 is 1.40 bits per heavy atom. The highest BCUT2D eigenvalue weighted by atomic mass is 16.6. The zero-order valence-electron chi connectivity index (χ0n) is 12.3. The average Bonchev–Trinajstić information content (AvgIpc) is 2.38. The first-order valence-corrected chi connectivity index (χ1v) is 6.59. The van der Waals surface area contributed by atoms with Crippen molar-refractivity contribution < 1.29 is 9.53 Å². The van der Waals surface area contributed by atoms with Crippen LogP contribution in [-0.2, 0) is 4.74 Å². The zero-order valence-corrected chi connectivity index (χ0v) is 12.3. The van der Waals surface area contributed by atoms with E-state index in [9.17, 15) is 4.79 Å². The lowest BCUT2D eigenvalue weighted by atomic mass is 9.98. The summed E-state index contributed by atoms with van der Waals surface area (Å²) in [5.41, 5.74) is 7.12. The molecule has 0 saturated carbocycles. The minimum atomic E-state index is -0.503. The first-order chi connectivity index (χ1) is 9.35. The van der Waals surface area contributed by atoms with Crippen molar-refractivity contribution in [1.82, 2.24) is 5.32 Å². The number of nitrogens with one attached hydrogen (secondary N) is 1. The van der Waals surface area contributed by atoms with Crippen molar-refractivity contribution in [2.24, 2.45) is 5.73 Å². The minimum absolute atomic E-state index is 0.0364. The Labute approximate surface area is 120 Å². The van der Waals surface area contributed by atoms with Gasteiger partial charge in [0.1, 0.15) is 5.60 Å². The number of carbonyl (C=O) groups is 1. The van der Waals surface area contributed by atoms with Gasteiger partial charge in [-0.25, -0.2) is 4.79 Å². The van der Waals surface area contributed by atoms with Gasteiger partial charge in [-0.2, -0.15) is 0 Å². The first kappa shape index (κ1) is 16.1. The van der Waals surface area contributed by atoms with Crippen molar-refractivity contribution in [3.63, 3.8) is 0 Å². The Morgan fingerprint density at radius 2 is 2.00 bits per heavy atom. The van der Waals surface area contributed by atoms with E-state index in [1.165, 1.54) is 0 Å². The van der Waals surface area contributed by atoms with Gasteiger partial charge in [0, 0.05) is 24.6 Å². The third kappa shape index (κ3) is 5.33. The Bertz CT molecular complexity index is 481. The van der Waals surface area contributed by atoms with Gasteiger partial charge >= 0.3 is 6.09 Å². The second-order valence-corrected chi connectivity index (χ2v) is 5.58. The highest BCUT2D eigenvalue weighted by Gasteiger charge is 2.17. The van der Waals surface area contributed by atoms with E-state index in [1.54, 1.807) is 0 Å². The summed E-state index contributed by atoms with van der Waals surface area (Å²) in [6, 6.07) is 7.60. The molecular formula is C16H22N2O2. The summed E-state index contributed by atoms with van der Waals surface area (Å²) in [5, 5.41) is 2.74. The topological polar surface area (TPSA) is 64.3 Å². The second-order valence-electron chi connectivity index (χ2n) is 5.58. The number of rotatable bonds is 4. The highest BCUT2D eigenvalue weighted by molar-refractivity contribution is 5.67. The lowest BCUT2D eigenvalue weighted by Crippen LogP contribution is -2.36. The Kier molecular flexibility index (Phi) is 5.60. The number of hydrogen-bond donors (Lipinski definition) is 2. The molecule has 1 atom stereocenters. The van der Waals surface area contributed by atoms with Crippen molar-refractivity contribution in [2.45, 2.75) is 32.3 Å². The molecule has 3 N–H and O–H groups in total. The van der Waals surface area contributed by atoms with Crippen LogP contribution in [0.1, 0.15) is 37.8 Å². The molecule has 1 aromatic carbocycles. The SMILES string of the molecule is C#Cc1ccc(C(CN)CNC(=O)OC(C)(C)C)cc1. The van der Waals surface area contributed by atoms with E-state index in [2.05, 4.69) is 11.2 Å². The highest BCUT2D eigenvalue weighted by Crippen LogP contribution is 2.15. The van der Waals surface area contributed by atoms with E-state index in [1.807, 2.05) is 45.0 Å². The monoisotopic (exact) mass is 274 g/mol. The van der Waals surface area contributed by atoms with Crippen molar-refractivity contribution >= 4 is 6.09 Å². The molecule has 0 aliphatic rings. The third-order valence-electron chi connectivity index (χ3n) is 2.72. The van der Waals surface area contributed by atoms with Crippen molar-refractivity contribution in [2.75, 3.05) is 13.1 Å². The summed E-state index contributed by atoms with van der Waals surface area (Å²) >= 11 is 0. The van der Waals surface area contributed by atoms with Gasteiger partial charge in [-0.05, 0) is 38.5 Å². The van der Waals surface area contributed by atoms with Crippen molar-refractivity contribution in [1.29, 1.82) is 0 Å². The molecule has 0 heterocycles. The number of nitrogens with two attached hydrogens (primary N) is 1. The molecule has 1 amide bonds. The number of terminal acetylenes is 1. The molecule has 108 valence electrons. The summed E-state index contributed by atoms with van der Waals surface area (Å²) in [5.74, 6) is 2.60. The molecule has 0 bridgehead atoms. The minimum Gasteiger partial charge on any atom is -0.444 e. The number of ether oxygens (including phenoxy) is 1. The summed E-state index contributed by atoms with van der Waals surface area (Å²) in [6.45, 7) is 6.34. The fourth-order valence-corrected chi connectivity index (χ4v) is 1.71. The Morgan fingerprint density at radius 3 is 2.45 bits per heavy atom. The molecule has 1 unspecified atom stereocenters. The van der Waals surface area contributed by atoms with Crippen LogP contribution in [0.25, 0.3) is 0 Å². The third-order valence-corrected chi connectivity index (χ3v) is 2.72. The maximum Gasteiger partial charge on any atom is 0.407 e. The van der Waals surface area contributed by atoms with Gasteiger partial charge in [0.05, 0.1) is 0 Å². The molecule has 1 aromatic rings. The number of amides is 1. The van der Waals surface area contributed by atoms with Crippen LogP contribution in [0.2, 0.25) is 0 Å². The van der Waals surface area contributed by atoms with Gasteiger partial charge in [0.2, 0.25) is 0 Å². The number of benzene rings is 1. The van der Waals surface area contributed by atoms with Crippen LogP contribution in [0.5, 0.6) is 0 Å². The van der Waals surface area contributed by atoms with Crippen LogP contribution in [0.4, 0.5) is 4.79 Å². The van der Waals surface area contributed by atoms with Crippen LogP contribution in [-0.4, -0.2) is 24.8 Å². The molecule has 0 radical (unpaired) electrons. The van der Waals surface area contributed by atoms with Crippen molar-refractivity contribution in [3.8, 4) is 12.3 Å². The predicted octanol–water partition coefficient (Wildman–Crippen LogP) is 2.23. The largest absolute Gasteiger partial charge is 0.444 e. The molecule has 20 heavy (non-hydrogen) atoms. The molecule has 0 fully saturated rings. The smallest absolute Gasteiger partial charge is 0.407 e. The summed E-state index contributed by atoms with van der Waals surface area (Å²) in [6.07, 6.45) is 4.88. The van der Waals surface area contributed by atoms with Crippen LogP contribution >= 0.6 is 0 Å². The molecule has 4 nitrogen and oxygen atoms in total. The summed E-state index contributed by atoms with van der Waals surface area (Å²) in [4.78, 5) is 11.6. The first-order valence-electron chi connectivity index (χ1n) is 6.59. The van der Waals surface area contributed by atoms with E-state index in [-0.39, 0.29) is 5.92 Å². The van der Waals surface area contributed by atoms with Crippen LogP contribution in [0.3, 0.4) is 0 Å². The van der Waals surface area contributed by atoms with Gasteiger partial charge in [-0.15, -0.1) is 6.42 Å². The molecule has 0 aliphatic carbocycles. The van der Waals surface area contributed by atoms with Gasteiger partial charge < -0.3 is 15.8 Å². The number of alkyl carbamates (subject to hydrolysis) is 1. The standard InChI is InChI=1S/C16H22N2O2/c1-5-12-6-8-13(9-7-12)14(10-17)11-18-15(19)20-16(2,3)4/h1,6-9,14H,10-11,17H2,2-4H3,(H,18,19). The quantitative estimate of drug-likeness (QED) is 0.828. The van der Waals surface area contributed by atoms with Crippen LogP contribution in [0, 0.1) is 12.3 Å². The lowest BCUT2D eigenvalue weighted by Gasteiger charge is -2.21. The van der Waals surface area contributed by atoms with Crippen LogP contribution in [0.15, 0.2) is 24.3 Å². The van der Waals surface area contributed by atoms with E-state index >= 15 is 0 Å². The molecule has 0 saturated heterocycles. The van der Waals surface area contributed by atoms with Crippen molar-refractivity contribution in [3.05, 3.63) is 35.4 Å². The van der Waals surface area contributed by atoms with Gasteiger partial charge in [0.15, 0.2) is 0 Å². The summed E-state index contributed by atoms with van der Waals surface area (Å²) in [7, 11) is 0. The van der Waals surface area contributed by atoms with E-state index in [0.717, 1.165) is 11.1 Å².